The summed E-state index contributed by atoms with van der Waals surface area (Å²) < 4.78 is 27.1. The van der Waals surface area contributed by atoms with Crippen molar-refractivity contribution in [3.8, 4) is 0 Å². The van der Waals surface area contributed by atoms with Crippen LogP contribution in [0.15, 0.2) is 40.7 Å². The number of anilines is 1. The molecule has 160 valence electrons. The molecule has 2 heterocycles. The first-order chi connectivity index (χ1) is 13.6. The second-order valence-electron chi connectivity index (χ2n) is 7.14. The van der Waals surface area contributed by atoms with Gasteiger partial charge in [-0.2, -0.15) is 0 Å². The van der Waals surface area contributed by atoms with Gasteiger partial charge in [-0.3, -0.25) is 4.99 Å². The normalized spacial score (nSPS) is 16.3. The smallest absolute Gasteiger partial charge is 0.191 e. The lowest BCUT2D eigenvalue weighted by Crippen LogP contribution is -2.48. The molecule has 2 aromatic rings. The summed E-state index contributed by atoms with van der Waals surface area (Å²) in [7, 11) is 0. The number of hydrogen-bond donors (Lipinski definition) is 2. The molecule has 0 aliphatic carbocycles. The van der Waals surface area contributed by atoms with Gasteiger partial charge in [0.2, 0.25) is 0 Å². The van der Waals surface area contributed by atoms with Gasteiger partial charge in [0, 0.05) is 44.2 Å². The van der Waals surface area contributed by atoms with Crippen LogP contribution in [-0.2, 0) is 0 Å². The number of thiophene rings is 1. The average molecular weight is 534 g/mol. The van der Waals surface area contributed by atoms with E-state index in [0.29, 0.717) is 18.2 Å². The van der Waals surface area contributed by atoms with Crippen molar-refractivity contribution in [3.63, 3.8) is 0 Å². The summed E-state index contributed by atoms with van der Waals surface area (Å²) in [5.41, 5.74) is 0.491. The number of guanidine groups is 1. The standard InChI is InChI=1S/C21H28F2N4S.HI/c1-3-24-21(25-14-15(2)18-7-6-16(22)13-19(18)23)26-17-8-10-27(11-9-17)20-5-4-12-28-20;/h4-7,12-13,15,17H,3,8-11,14H2,1-2H3,(H2,24,25,26);1H. The molecule has 1 aliphatic heterocycles. The summed E-state index contributed by atoms with van der Waals surface area (Å²) in [6.45, 7) is 7.18. The number of piperidine rings is 1. The maximum Gasteiger partial charge on any atom is 0.191 e. The summed E-state index contributed by atoms with van der Waals surface area (Å²) in [6, 6.07) is 8.35. The van der Waals surface area contributed by atoms with Gasteiger partial charge in [-0.25, -0.2) is 8.78 Å². The molecule has 0 amide bonds. The molecule has 0 spiro atoms. The highest BCUT2D eigenvalue weighted by Gasteiger charge is 2.21. The van der Waals surface area contributed by atoms with Crippen LogP contribution in [0.4, 0.5) is 13.8 Å². The Morgan fingerprint density at radius 1 is 1.28 bits per heavy atom. The molecule has 3 rings (SSSR count). The third-order valence-corrected chi connectivity index (χ3v) is 5.94. The fourth-order valence-electron chi connectivity index (χ4n) is 3.44. The van der Waals surface area contributed by atoms with Gasteiger partial charge in [0.25, 0.3) is 0 Å². The van der Waals surface area contributed by atoms with Crippen LogP contribution in [0.3, 0.4) is 0 Å². The Labute approximate surface area is 192 Å². The minimum absolute atomic E-state index is 0. The third kappa shape index (κ3) is 6.80. The molecule has 1 fully saturated rings. The van der Waals surface area contributed by atoms with Crippen LogP contribution >= 0.6 is 35.3 Å². The Kier molecular flexibility index (Phi) is 9.61. The van der Waals surface area contributed by atoms with Crippen molar-refractivity contribution in [2.24, 2.45) is 4.99 Å². The maximum atomic E-state index is 14.0. The van der Waals surface area contributed by atoms with Crippen LogP contribution in [0.5, 0.6) is 0 Å². The highest BCUT2D eigenvalue weighted by molar-refractivity contribution is 14.0. The van der Waals surface area contributed by atoms with Crippen molar-refractivity contribution in [1.29, 1.82) is 0 Å². The molecule has 4 nitrogen and oxygen atoms in total. The first-order valence-electron chi connectivity index (χ1n) is 9.85. The summed E-state index contributed by atoms with van der Waals surface area (Å²) in [5.74, 6) is -0.439. The number of hydrogen-bond acceptors (Lipinski definition) is 3. The molecule has 2 N–H and O–H groups in total. The van der Waals surface area contributed by atoms with Crippen molar-refractivity contribution in [2.75, 3.05) is 31.1 Å². The Morgan fingerprint density at radius 3 is 2.66 bits per heavy atom. The topological polar surface area (TPSA) is 39.7 Å². The predicted molar refractivity (Wildman–Crippen MR) is 129 cm³/mol. The summed E-state index contributed by atoms with van der Waals surface area (Å²) in [4.78, 5) is 7.06. The van der Waals surface area contributed by atoms with E-state index in [1.807, 2.05) is 13.8 Å². The second kappa shape index (κ2) is 11.7. The van der Waals surface area contributed by atoms with Crippen LogP contribution in [0.2, 0.25) is 0 Å². The van der Waals surface area contributed by atoms with Gasteiger partial charge in [-0.15, -0.1) is 35.3 Å². The van der Waals surface area contributed by atoms with E-state index in [1.54, 1.807) is 11.3 Å². The molecule has 0 bridgehead atoms. The van der Waals surface area contributed by atoms with Gasteiger partial charge < -0.3 is 15.5 Å². The predicted octanol–water partition coefficient (Wildman–Crippen LogP) is 4.97. The zero-order valence-corrected chi connectivity index (χ0v) is 20.0. The highest BCUT2D eigenvalue weighted by atomic mass is 127. The van der Waals surface area contributed by atoms with Gasteiger partial charge in [-0.05, 0) is 48.9 Å². The van der Waals surface area contributed by atoms with E-state index >= 15 is 0 Å². The third-order valence-electron chi connectivity index (χ3n) is 5.01. The van der Waals surface area contributed by atoms with Gasteiger partial charge >= 0.3 is 0 Å². The van der Waals surface area contributed by atoms with E-state index in [2.05, 4.69) is 38.0 Å². The molecule has 1 unspecified atom stereocenters. The van der Waals surface area contributed by atoms with Crippen molar-refractivity contribution in [2.45, 2.75) is 38.6 Å². The molecule has 8 heteroatoms. The lowest BCUT2D eigenvalue weighted by molar-refractivity contribution is 0.462. The zero-order chi connectivity index (χ0) is 19.9. The average Bonchev–Trinajstić information content (AvgIpc) is 3.21. The molecule has 1 atom stereocenters. The summed E-state index contributed by atoms with van der Waals surface area (Å²) >= 11 is 1.78. The Hall–Kier alpha value is -1.42. The maximum absolute atomic E-state index is 14.0. The minimum Gasteiger partial charge on any atom is -0.363 e. The Morgan fingerprint density at radius 2 is 2.03 bits per heavy atom. The molecule has 0 radical (unpaired) electrons. The monoisotopic (exact) mass is 534 g/mol. The fraction of sp³-hybridized carbons (Fsp3) is 0.476. The van der Waals surface area contributed by atoms with E-state index in [4.69, 9.17) is 0 Å². The van der Waals surface area contributed by atoms with Crippen molar-refractivity contribution in [3.05, 3.63) is 52.9 Å². The van der Waals surface area contributed by atoms with Gasteiger partial charge in [-0.1, -0.05) is 13.0 Å². The van der Waals surface area contributed by atoms with Gasteiger partial charge in [0.05, 0.1) is 5.00 Å². The Bertz CT molecular complexity index is 777. The zero-order valence-electron chi connectivity index (χ0n) is 16.8. The molecule has 0 saturated carbocycles. The number of aliphatic imine (C=N–C) groups is 1. The van der Waals surface area contributed by atoms with Crippen LogP contribution in [0, 0.1) is 11.6 Å². The summed E-state index contributed by atoms with van der Waals surface area (Å²) in [6.07, 6.45) is 2.09. The van der Waals surface area contributed by atoms with E-state index in [-0.39, 0.29) is 29.9 Å². The Balaban J connectivity index is 0.00000300. The van der Waals surface area contributed by atoms with Crippen LogP contribution in [-0.4, -0.2) is 38.2 Å². The van der Waals surface area contributed by atoms with E-state index in [0.717, 1.165) is 44.5 Å². The van der Waals surface area contributed by atoms with E-state index < -0.39 is 11.6 Å². The minimum atomic E-state index is -0.555. The number of nitrogens with one attached hydrogen (secondary N) is 2. The largest absolute Gasteiger partial charge is 0.363 e. The van der Waals surface area contributed by atoms with Gasteiger partial charge in [0.1, 0.15) is 11.6 Å². The summed E-state index contributed by atoms with van der Waals surface area (Å²) in [5, 5.41) is 10.2. The molecular formula is C21H29F2IN4S. The lowest BCUT2D eigenvalue weighted by atomic mass is 10.0. The number of benzene rings is 1. The van der Waals surface area contributed by atoms with Crippen molar-refractivity contribution in [1.82, 2.24) is 10.6 Å². The quantitative estimate of drug-likeness (QED) is 0.313. The molecular weight excluding hydrogens is 505 g/mol. The molecule has 29 heavy (non-hydrogen) atoms. The number of nitrogens with zero attached hydrogens (tertiary/aromatic N) is 2. The SMILES string of the molecule is CCNC(=NCC(C)c1ccc(F)cc1F)NC1CCN(c2cccs2)CC1.I. The van der Waals surface area contributed by atoms with Crippen LogP contribution in [0.25, 0.3) is 0 Å². The molecule has 1 saturated heterocycles. The molecule has 1 aromatic heterocycles. The first kappa shape index (κ1) is 23.9. The van der Waals surface area contributed by atoms with Crippen molar-refractivity contribution >= 4 is 46.3 Å². The van der Waals surface area contributed by atoms with E-state index in [9.17, 15) is 8.78 Å². The lowest BCUT2D eigenvalue weighted by Gasteiger charge is -2.33. The highest BCUT2D eigenvalue weighted by Crippen LogP contribution is 2.25. The van der Waals surface area contributed by atoms with E-state index in [1.165, 1.54) is 17.1 Å². The first-order valence-corrected chi connectivity index (χ1v) is 10.7. The molecule has 1 aromatic carbocycles. The number of rotatable bonds is 6. The van der Waals surface area contributed by atoms with Crippen molar-refractivity contribution < 1.29 is 8.78 Å². The van der Waals surface area contributed by atoms with Crippen LogP contribution < -0.4 is 15.5 Å². The fourth-order valence-corrected chi connectivity index (χ4v) is 4.22. The number of halogens is 3. The van der Waals surface area contributed by atoms with Gasteiger partial charge in [0.15, 0.2) is 5.96 Å². The molecule has 1 aliphatic rings. The second-order valence-corrected chi connectivity index (χ2v) is 8.07. The van der Waals surface area contributed by atoms with Crippen LogP contribution in [0.1, 0.15) is 38.2 Å².